The molecule has 3 nitrogen and oxygen atoms in total. The van der Waals surface area contributed by atoms with Crippen molar-refractivity contribution >= 4 is 34.5 Å². The number of nitrogens with two attached hydrogens (primary N) is 1. The monoisotopic (exact) mass is 284 g/mol. The van der Waals surface area contributed by atoms with E-state index >= 15 is 0 Å². The lowest BCUT2D eigenvalue weighted by Crippen LogP contribution is -2.38. The highest BCUT2D eigenvalue weighted by Gasteiger charge is 2.21. The Morgan fingerprint density at radius 3 is 2.72 bits per heavy atom. The maximum atomic E-state index is 12.5. The molecule has 0 atom stereocenters. The predicted molar refractivity (Wildman–Crippen MR) is 81.3 cm³/mol. The molecule has 0 saturated carbocycles. The van der Waals surface area contributed by atoms with Gasteiger partial charge in [-0.3, -0.25) is 4.79 Å². The Balaban J connectivity index is 2.86. The van der Waals surface area contributed by atoms with Gasteiger partial charge in [0.25, 0.3) is 5.91 Å². The topological polar surface area (TPSA) is 46.3 Å². The molecule has 0 radical (unpaired) electrons. The van der Waals surface area contributed by atoms with E-state index in [1.807, 2.05) is 30.2 Å². The van der Waals surface area contributed by atoms with Crippen molar-refractivity contribution in [3.63, 3.8) is 0 Å². The van der Waals surface area contributed by atoms with E-state index in [0.29, 0.717) is 18.0 Å². The molecule has 1 amide bonds. The van der Waals surface area contributed by atoms with Crippen molar-refractivity contribution in [3.8, 4) is 0 Å². The smallest absolute Gasteiger partial charge is 0.264 e. The van der Waals surface area contributed by atoms with Crippen LogP contribution in [-0.4, -0.2) is 28.4 Å². The summed E-state index contributed by atoms with van der Waals surface area (Å²) in [7, 11) is 0. The van der Waals surface area contributed by atoms with E-state index in [0.717, 1.165) is 16.9 Å². The first-order valence-electron chi connectivity index (χ1n) is 6.13. The van der Waals surface area contributed by atoms with Crippen molar-refractivity contribution in [3.05, 3.63) is 21.9 Å². The van der Waals surface area contributed by atoms with Gasteiger partial charge in [0, 0.05) is 19.0 Å². The molecule has 0 saturated heterocycles. The van der Waals surface area contributed by atoms with Crippen LogP contribution in [0.1, 0.15) is 42.4 Å². The number of carbonyl (C=O) groups excluding carboxylic acids is 1. The first kappa shape index (κ1) is 15.1. The summed E-state index contributed by atoms with van der Waals surface area (Å²) in [5.74, 6) is 0.0908. The number of carbonyl (C=O) groups is 1. The van der Waals surface area contributed by atoms with Gasteiger partial charge in [-0.25, -0.2) is 0 Å². The van der Waals surface area contributed by atoms with Gasteiger partial charge in [0.1, 0.15) is 0 Å². The molecule has 5 heteroatoms. The summed E-state index contributed by atoms with van der Waals surface area (Å²) in [5, 5.41) is 1.97. The van der Waals surface area contributed by atoms with Crippen LogP contribution in [0.4, 0.5) is 0 Å². The molecule has 0 aliphatic heterocycles. The Bertz CT molecular complexity index is 426. The quantitative estimate of drug-likeness (QED) is 0.817. The highest BCUT2D eigenvalue weighted by Crippen LogP contribution is 2.20. The van der Waals surface area contributed by atoms with Crippen molar-refractivity contribution in [2.45, 2.75) is 39.7 Å². The fourth-order valence-electron chi connectivity index (χ4n) is 1.76. The summed E-state index contributed by atoms with van der Waals surface area (Å²) >= 11 is 6.39. The first-order valence-corrected chi connectivity index (χ1v) is 7.41. The Labute approximate surface area is 118 Å². The second kappa shape index (κ2) is 6.85. The minimum atomic E-state index is 0.0908. The summed E-state index contributed by atoms with van der Waals surface area (Å²) in [4.78, 5) is 15.6. The molecule has 1 heterocycles. The number of rotatable bonds is 6. The van der Waals surface area contributed by atoms with E-state index in [-0.39, 0.29) is 11.9 Å². The van der Waals surface area contributed by atoms with Gasteiger partial charge in [0.05, 0.1) is 9.87 Å². The highest BCUT2D eigenvalue weighted by atomic mass is 32.1. The largest absolute Gasteiger partial charge is 0.393 e. The Morgan fingerprint density at radius 1 is 1.56 bits per heavy atom. The van der Waals surface area contributed by atoms with Gasteiger partial charge in [-0.1, -0.05) is 19.1 Å². The summed E-state index contributed by atoms with van der Waals surface area (Å²) in [6.45, 7) is 6.67. The zero-order valence-corrected chi connectivity index (χ0v) is 12.7. The highest BCUT2D eigenvalue weighted by molar-refractivity contribution is 7.80. The van der Waals surface area contributed by atoms with Gasteiger partial charge in [-0.05, 0) is 37.3 Å². The van der Waals surface area contributed by atoms with Gasteiger partial charge in [0.2, 0.25) is 0 Å². The molecule has 1 rings (SSSR count). The van der Waals surface area contributed by atoms with Crippen LogP contribution in [0, 0.1) is 0 Å². The minimum Gasteiger partial charge on any atom is -0.393 e. The van der Waals surface area contributed by atoms with Crippen LogP contribution in [0.3, 0.4) is 0 Å². The number of hydrogen-bond acceptors (Lipinski definition) is 3. The van der Waals surface area contributed by atoms with E-state index in [9.17, 15) is 4.79 Å². The maximum absolute atomic E-state index is 12.5. The number of aryl methyl sites for hydroxylation is 1. The number of amides is 1. The Morgan fingerprint density at radius 2 is 2.22 bits per heavy atom. The normalized spacial score (nSPS) is 10.7. The van der Waals surface area contributed by atoms with E-state index < -0.39 is 0 Å². The fraction of sp³-hybridized carbons (Fsp3) is 0.538. The summed E-state index contributed by atoms with van der Waals surface area (Å²) in [6.07, 6.45) is 1.46. The molecule has 0 aliphatic rings. The molecule has 0 fully saturated rings. The number of thiophene rings is 1. The first-order chi connectivity index (χ1) is 8.47. The van der Waals surface area contributed by atoms with Crippen molar-refractivity contribution < 1.29 is 4.79 Å². The van der Waals surface area contributed by atoms with E-state index in [4.69, 9.17) is 18.0 Å². The third-order valence-electron chi connectivity index (χ3n) is 2.81. The maximum Gasteiger partial charge on any atom is 0.264 e. The minimum absolute atomic E-state index is 0.0908. The summed E-state index contributed by atoms with van der Waals surface area (Å²) in [5.41, 5.74) is 6.63. The molecule has 1 aromatic heterocycles. The molecule has 0 aliphatic carbocycles. The number of thiocarbonyl (C=S) groups is 1. The molecule has 0 spiro atoms. The van der Waals surface area contributed by atoms with Crippen LogP contribution in [0.25, 0.3) is 0 Å². The molecule has 0 unspecified atom stereocenters. The zero-order chi connectivity index (χ0) is 13.7. The molecule has 0 aromatic carbocycles. The second-order valence-corrected chi connectivity index (χ2v) is 5.88. The molecule has 100 valence electrons. The van der Waals surface area contributed by atoms with E-state index in [1.54, 1.807) is 0 Å². The lowest BCUT2D eigenvalue weighted by molar-refractivity contribution is 0.0715. The lowest BCUT2D eigenvalue weighted by Gasteiger charge is -2.26. The van der Waals surface area contributed by atoms with Crippen molar-refractivity contribution in [1.29, 1.82) is 0 Å². The Hall–Kier alpha value is -0.940. The number of hydrogen-bond donors (Lipinski definition) is 1. The van der Waals surface area contributed by atoms with Gasteiger partial charge < -0.3 is 10.6 Å². The zero-order valence-electron chi connectivity index (χ0n) is 11.1. The lowest BCUT2D eigenvalue weighted by atomic mass is 10.1. The predicted octanol–water partition coefficient (Wildman–Crippen LogP) is 2.84. The summed E-state index contributed by atoms with van der Waals surface area (Å²) < 4.78 is 0. The van der Waals surface area contributed by atoms with Crippen LogP contribution in [0.2, 0.25) is 0 Å². The molecule has 0 bridgehead atoms. The van der Waals surface area contributed by atoms with Crippen LogP contribution in [-0.2, 0) is 6.42 Å². The van der Waals surface area contributed by atoms with Crippen LogP contribution in [0.15, 0.2) is 11.4 Å². The molecule has 2 N–H and O–H groups in total. The van der Waals surface area contributed by atoms with Gasteiger partial charge in [-0.2, -0.15) is 0 Å². The standard InChI is InChI=1S/C13H20N2OS2/c1-4-10-6-8-18-12(10)13(16)15(9(2)3)7-5-11(14)17/h6,8-9H,4-5,7H2,1-3H3,(H2,14,17). The van der Waals surface area contributed by atoms with E-state index in [2.05, 4.69) is 6.92 Å². The average molecular weight is 284 g/mol. The van der Waals surface area contributed by atoms with Gasteiger partial charge in [-0.15, -0.1) is 11.3 Å². The van der Waals surface area contributed by atoms with Crippen molar-refractivity contribution in [1.82, 2.24) is 4.90 Å². The third kappa shape index (κ3) is 3.78. The Kier molecular flexibility index (Phi) is 5.75. The SMILES string of the molecule is CCc1ccsc1C(=O)N(CCC(N)=S)C(C)C. The average Bonchev–Trinajstić information content (AvgIpc) is 2.75. The fourth-order valence-corrected chi connectivity index (χ4v) is 2.80. The summed E-state index contributed by atoms with van der Waals surface area (Å²) in [6, 6.07) is 2.17. The molecule has 1 aromatic rings. The number of nitrogens with zero attached hydrogens (tertiary/aromatic N) is 1. The second-order valence-electron chi connectivity index (χ2n) is 4.44. The van der Waals surface area contributed by atoms with Crippen LogP contribution < -0.4 is 5.73 Å². The van der Waals surface area contributed by atoms with E-state index in [1.165, 1.54) is 11.3 Å². The van der Waals surface area contributed by atoms with Crippen molar-refractivity contribution in [2.75, 3.05) is 6.54 Å². The van der Waals surface area contributed by atoms with Gasteiger partial charge >= 0.3 is 0 Å². The van der Waals surface area contributed by atoms with Crippen LogP contribution >= 0.6 is 23.6 Å². The molecular formula is C13H20N2OS2. The molecule has 18 heavy (non-hydrogen) atoms. The van der Waals surface area contributed by atoms with Gasteiger partial charge in [0.15, 0.2) is 0 Å². The third-order valence-corrected chi connectivity index (χ3v) is 3.95. The van der Waals surface area contributed by atoms with Crippen molar-refractivity contribution in [2.24, 2.45) is 5.73 Å². The van der Waals surface area contributed by atoms with Crippen LogP contribution in [0.5, 0.6) is 0 Å². The molecular weight excluding hydrogens is 264 g/mol.